The van der Waals surface area contributed by atoms with Gasteiger partial charge in [-0.3, -0.25) is 9.59 Å². The second kappa shape index (κ2) is 17.7. The molecule has 0 radical (unpaired) electrons. The van der Waals surface area contributed by atoms with E-state index < -0.39 is 0 Å². The van der Waals surface area contributed by atoms with E-state index in [1.165, 1.54) is 64.2 Å². The van der Waals surface area contributed by atoms with Crippen LogP contribution in [0.25, 0.3) is 0 Å². The van der Waals surface area contributed by atoms with Crippen LogP contribution in [0.3, 0.4) is 0 Å². The van der Waals surface area contributed by atoms with Gasteiger partial charge in [0.15, 0.2) is 0 Å². The SMILES string of the molecule is CCC(CCCCCCCCCCCCCC(=O)Cl)CCC(=O)Cl. The lowest BCUT2D eigenvalue weighted by Gasteiger charge is -2.13. The van der Waals surface area contributed by atoms with Gasteiger partial charge in [0.25, 0.3) is 0 Å². The highest BCUT2D eigenvalue weighted by atomic mass is 35.5. The maximum absolute atomic E-state index is 10.8. The van der Waals surface area contributed by atoms with E-state index in [9.17, 15) is 9.59 Å². The number of halogens is 2. The van der Waals surface area contributed by atoms with Crippen LogP contribution in [0.1, 0.15) is 110 Å². The Morgan fingerprint density at radius 3 is 1.46 bits per heavy atom. The molecule has 0 bridgehead atoms. The van der Waals surface area contributed by atoms with Gasteiger partial charge in [0.2, 0.25) is 10.5 Å². The number of unbranched alkanes of at least 4 members (excludes halogenated alkanes) is 10. The van der Waals surface area contributed by atoms with Crippen LogP contribution in [-0.4, -0.2) is 10.5 Å². The van der Waals surface area contributed by atoms with Gasteiger partial charge in [-0.05, 0) is 42.0 Å². The van der Waals surface area contributed by atoms with E-state index in [2.05, 4.69) is 6.92 Å². The van der Waals surface area contributed by atoms with Gasteiger partial charge < -0.3 is 0 Å². The van der Waals surface area contributed by atoms with Crippen molar-refractivity contribution in [2.24, 2.45) is 5.92 Å². The second-order valence-electron chi connectivity index (χ2n) is 6.95. The van der Waals surface area contributed by atoms with Crippen molar-refractivity contribution in [3.05, 3.63) is 0 Å². The molecule has 1 atom stereocenters. The van der Waals surface area contributed by atoms with Crippen LogP contribution < -0.4 is 0 Å². The van der Waals surface area contributed by atoms with Gasteiger partial charge in [-0.25, -0.2) is 0 Å². The third-order valence-electron chi connectivity index (χ3n) is 4.81. The molecule has 0 heterocycles. The maximum Gasteiger partial charge on any atom is 0.221 e. The van der Waals surface area contributed by atoms with Gasteiger partial charge in [0, 0.05) is 12.8 Å². The zero-order valence-electron chi connectivity index (χ0n) is 15.5. The lowest BCUT2D eigenvalue weighted by molar-refractivity contribution is -0.112. The molecule has 4 heteroatoms. The van der Waals surface area contributed by atoms with Crippen LogP contribution in [0.5, 0.6) is 0 Å². The number of hydrogen-bond acceptors (Lipinski definition) is 2. The average molecular weight is 379 g/mol. The smallest absolute Gasteiger partial charge is 0.221 e. The van der Waals surface area contributed by atoms with Crippen LogP contribution in [0, 0.1) is 5.92 Å². The number of hydrogen-bond donors (Lipinski definition) is 0. The zero-order valence-corrected chi connectivity index (χ0v) is 17.0. The minimum absolute atomic E-state index is 0.194. The summed E-state index contributed by atoms with van der Waals surface area (Å²) in [5.41, 5.74) is 0. The van der Waals surface area contributed by atoms with E-state index in [0.29, 0.717) is 18.8 Å². The fourth-order valence-corrected chi connectivity index (χ4v) is 3.40. The van der Waals surface area contributed by atoms with Crippen molar-refractivity contribution in [2.45, 2.75) is 110 Å². The van der Waals surface area contributed by atoms with Gasteiger partial charge in [0.05, 0.1) is 0 Å². The summed E-state index contributed by atoms with van der Waals surface area (Å²) >= 11 is 10.7. The quantitative estimate of drug-likeness (QED) is 0.184. The van der Waals surface area contributed by atoms with E-state index in [1.807, 2.05) is 0 Å². The predicted molar refractivity (Wildman–Crippen MR) is 105 cm³/mol. The summed E-state index contributed by atoms with van der Waals surface area (Å²) in [6.07, 6.45) is 18.3. The molecule has 0 aromatic rings. The molecular weight excluding hydrogens is 343 g/mol. The third-order valence-corrected chi connectivity index (χ3v) is 5.19. The van der Waals surface area contributed by atoms with Gasteiger partial charge >= 0.3 is 0 Å². The summed E-state index contributed by atoms with van der Waals surface area (Å²) in [5, 5.41) is -0.395. The summed E-state index contributed by atoms with van der Waals surface area (Å²) in [6.45, 7) is 2.21. The molecule has 24 heavy (non-hydrogen) atoms. The Balaban J connectivity index is 3.24. The first kappa shape index (κ1) is 23.9. The largest absolute Gasteiger partial charge is 0.281 e. The Morgan fingerprint density at radius 2 is 1.04 bits per heavy atom. The summed E-state index contributed by atoms with van der Waals surface area (Å²) in [5.74, 6) is 0.668. The Hall–Kier alpha value is -0.0800. The summed E-state index contributed by atoms with van der Waals surface area (Å²) in [4.78, 5) is 21.4. The summed E-state index contributed by atoms with van der Waals surface area (Å²) in [7, 11) is 0. The van der Waals surface area contributed by atoms with Crippen molar-refractivity contribution >= 4 is 33.7 Å². The molecule has 0 aliphatic rings. The van der Waals surface area contributed by atoms with E-state index in [0.717, 1.165) is 25.7 Å². The van der Waals surface area contributed by atoms with Crippen molar-refractivity contribution < 1.29 is 9.59 Å². The first-order chi connectivity index (χ1) is 11.6. The standard InChI is InChI=1S/C20H36Cl2O2/c1-2-18(16-17-20(22)24)14-12-10-8-6-4-3-5-7-9-11-13-15-19(21)23/h18H,2-17H2,1H3. The molecule has 0 aliphatic carbocycles. The lowest BCUT2D eigenvalue weighted by Crippen LogP contribution is -2.01. The van der Waals surface area contributed by atoms with Crippen molar-refractivity contribution in [1.82, 2.24) is 0 Å². The molecule has 0 aromatic heterocycles. The van der Waals surface area contributed by atoms with Crippen LogP contribution in [0.15, 0.2) is 0 Å². The Kier molecular flexibility index (Phi) is 17.7. The normalized spacial score (nSPS) is 12.3. The zero-order chi connectivity index (χ0) is 18.0. The molecule has 0 amide bonds. The summed E-state index contributed by atoms with van der Waals surface area (Å²) in [6, 6.07) is 0. The first-order valence-corrected chi connectivity index (χ1v) is 10.7. The first-order valence-electron chi connectivity index (χ1n) is 9.93. The number of carbonyl (C=O) groups excluding carboxylic acids is 2. The fourth-order valence-electron chi connectivity index (χ4n) is 3.16. The molecule has 0 aromatic carbocycles. The van der Waals surface area contributed by atoms with E-state index in [1.54, 1.807) is 0 Å². The third kappa shape index (κ3) is 18.3. The molecule has 0 saturated heterocycles. The van der Waals surface area contributed by atoms with Crippen molar-refractivity contribution in [3.8, 4) is 0 Å². The van der Waals surface area contributed by atoms with Crippen molar-refractivity contribution in [2.75, 3.05) is 0 Å². The van der Waals surface area contributed by atoms with Crippen LogP contribution >= 0.6 is 23.2 Å². The lowest BCUT2D eigenvalue weighted by atomic mass is 9.93. The topological polar surface area (TPSA) is 34.1 Å². The molecular formula is C20H36Cl2O2. The fraction of sp³-hybridized carbons (Fsp3) is 0.900. The van der Waals surface area contributed by atoms with Crippen LogP contribution in [-0.2, 0) is 9.59 Å². The molecule has 0 rings (SSSR count). The van der Waals surface area contributed by atoms with Gasteiger partial charge in [0.1, 0.15) is 0 Å². The number of rotatable bonds is 18. The summed E-state index contributed by atoms with van der Waals surface area (Å²) < 4.78 is 0. The minimum atomic E-state index is -0.201. The van der Waals surface area contributed by atoms with Gasteiger partial charge in [-0.15, -0.1) is 0 Å². The van der Waals surface area contributed by atoms with Crippen LogP contribution in [0.2, 0.25) is 0 Å². The average Bonchev–Trinajstić information content (AvgIpc) is 2.54. The minimum Gasteiger partial charge on any atom is -0.281 e. The molecule has 0 fully saturated rings. The van der Waals surface area contributed by atoms with Gasteiger partial charge in [-0.2, -0.15) is 0 Å². The van der Waals surface area contributed by atoms with Crippen LogP contribution in [0.4, 0.5) is 0 Å². The van der Waals surface area contributed by atoms with E-state index in [-0.39, 0.29) is 10.5 Å². The molecule has 0 saturated carbocycles. The monoisotopic (exact) mass is 378 g/mol. The van der Waals surface area contributed by atoms with E-state index >= 15 is 0 Å². The highest BCUT2D eigenvalue weighted by Crippen LogP contribution is 2.20. The molecule has 0 aliphatic heterocycles. The molecule has 1 unspecified atom stereocenters. The van der Waals surface area contributed by atoms with Gasteiger partial charge in [-0.1, -0.05) is 84.0 Å². The van der Waals surface area contributed by atoms with Crippen molar-refractivity contribution in [1.29, 1.82) is 0 Å². The Labute approximate surface area is 159 Å². The highest BCUT2D eigenvalue weighted by molar-refractivity contribution is 6.63. The second-order valence-corrected chi connectivity index (χ2v) is 7.79. The van der Waals surface area contributed by atoms with E-state index in [4.69, 9.17) is 23.2 Å². The number of carbonyl (C=O) groups is 2. The maximum atomic E-state index is 10.8. The Bertz CT molecular complexity index is 319. The molecule has 0 N–H and O–H groups in total. The predicted octanol–water partition coefficient (Wildman–Crippen LogP) is 7.39. The highest BCUT2D eigenvalue weighted by Gasteiger charge is 2.08. The molecule has 2 nitrogen and oxygen atoms in total. The molecule has 0 spiro atoms. The molecule has 142 valence electrons. The Morgan fingerprint density at radius 1 is 0.625 bits per heavy atom. The van der Waals surface area contributed by atoms with Crippen molar-refractivity contribution in [3.63, 3.8) is 0 Å².